The number of halogens is 3. The summed E-state index contributed by atoms with van der Waals surface area (Å²) >= 11 is 0. The predicted molar refractivity (Wildman–Crippen MR) is 149 cm³/mol. The monoisotopic (exact) mass is 586 g/mol. The van der Waals surface area contributed by atoms with E-state index in [2.05, 4.69) is 10.3 Å². The zero-order chi connectivity index (χ0) is 30.2. The lowest BCUT2D eigenvalue weighted by Crippen LogP contribution is -2.47. The molecule has 42 heavy (non-hydrogen) atoms. The molecule has 0 bridgehead atoms. The number of carbonyl (C=O) groups is 3. The maximum atomic E-state index is 14.5. The number of fused-ring (bicyclic) bond motifs is 1. The van der Waals surface area contributed by atoms with Crippen molar-refractivity contribution in [2.75, 3.05) is 25.0 Å². The SMILES string of the molecule is Cc1cccc(CC(O)[C@H]2C[C@@H](F)CN2C(=O)Cn2cc(C(N)=O)c3cc(NC(=O)N4CCCC(F)(F)C4)ccc32)n1. The van der Waals surface area contributed by atoms with Crippen LogP contribution >= 0.6 is 0 Å². The van der Waals surface area contributed by atoms with Gasteiger partial charge in [-0.25, -0.2) is 18.0 Å². The molecule has 0 aliphatic carbocycles. The van der Waals surface area contributed by atoms with Crippen LogP contribution in [-0.2, 0) is 17.8 Å². The highest BCUT2D eigenvalue weighted by Gasteiger charge is 2.40. The number of aliphatic hydroxyl groups excluding tert-OH is 1. The third-order valence-electron chi connectivity index (χ3n) is 7.80. The van der Waals surface area contributed by atoms with E-state index >= 15 is 0 Å². The van der Waals surface area contributed by atoms with Gasteiger partial charge in [0.25, 0.3) is 11.8 Å². The molecule has 2 fully saturated rings. The number of aromatic nitrogens is 2. The summed E-state index contributed by atoms with van der Waals surface area (Å²) in [6.45, 7) is 0.918. The highest BCUT2D eigenvalue weighted by Crippen LogP contribution is 2.30. The Morgan fingerprint density at radius 3 is 2.74 bits per heavy atom. The summed E-state index contributed by atoms with van der Waals surface area (Å²) in [6, 6.07) is 8.56. The number of urea groups is 1. The van der Waals surface area contributed by atoms with E-state index in [-0.39, 0.29) is 56.6 Å². The molecule has 0 radical (unpaired) electrons. The van der Waals surface area contributed by atoms with Crippen LogP contribution in [0.1, 0.15) is 41.0 Å². The lowest BCUT2D eigenvalue weighted by molar-refractivity contribution is -0.134. The van der Waals surface area contributed by atoms with Gasteiger partial charge in [0.05, 0.1) is 30.8 Å². The maximum Gasteiger partial charge on any atom is 0.322 e. The number of likely N-dealkylation sites (tertiary alicyclic amines) is 2. The molecule has 1 aromatic carbocycles. The Morgan fingerprint density at radius 2 is 2.02 bits per heavy atom. The van der Waals surface area contributed by atoms with E-state index in [1.54, 1.807) is 12.1 Å². The smallest absolute Gasteiger partial charge is 0.322 e. The van der Waals surface area contributed by atoms with Crippen LogP contribution in [0.3, 0.4) is 0 Å². The Labute approximate surface area is 240 Å². The summed E-state index contributed by atoms with van der Waals surface area (Å²) < 4.78 is 43.6. The number of nitrogens with zero attached hydrogens (tertiary/aromatic N) is 4. The van der Waals surface area contributed by atoms with Crippen LogP contribution < -0.4 is 11.1 Å². The van der Waals surface area contributed by atoms with E-state index in [9.17, 15) is 32.7 Å². The molecule has 0 saturated carbocycles. The number of rotatable bonds is 7. The van der Waals surface area contributed by atoms with Gasteiger partial charge in [-0.05, 0) is 43.7 Å². The van der Waals surface area contributed by atoms with Crippen molar-refractivity contribution < 1.29 is 32.7 Å². The number of amides is 4. The molecule has 10 nitrogen and oxygen atoms in total. The third-order valence-corrected chi connectivity index (χ3v) is 7.80. The molecule has 2 aromatic heterocycles. The normalized spacial score (nSPS) is 21.0. The first-order valence-corrected chi connectivity index (χ1v) is 13.8. The van der Waals surface area contributed by atoms with Crippen molar-refractivity contribution >= 4 is 34.4 Å². The number of carbonyl (C=O) groups excluding carboxylic acids is 3. The van der Waals surface area contributed by atoms with Gasteiger partial charge in [0.2, 0.25) is 5.91 Å². The molecular formula is C29H33F3N6O4. The fraction of sp³-hybridized carbons (Fsp3) is 0.448. The summed E-state index contributed by atoms with van der Waals surface area (Å²) in [6.07, 6.45) is -0.862. The van der Waals surface area contributed by atoms with Crippen molar-refractivity contribution in [2.45, 2.75) is 63.4 Å². The standard InChI is InChI=1S/C29H33F3N6O4/c1-17-4-2-5-19(34-17)12-25(39)24-10-18(30)13-38(24)26(40)15-37-14-22(27(33)41)21-11-20(6-7-23(21)37)35-28(42)36-9-3-8-29(31,32)16-36/h2,4-7,11,14,18,24-25,39H,3,8-10,12-13,15-16H2,1H3,(H2,33,41)(H,35,42)/t18-,24-,25?/m1/s1. The van der Waals surface area contributed by atoms with Gasteiger partial charge in [0.1, 0.15) is 12.7 Å². The number of alkyl halides is 3. The lowest BCUT2D eigenvalue weighted by Gasteiger charge is -2.32. The Hall–Kier alpha value is -4.13. The van der Waals surface area contributed by atoms with Gasteiger partial charge in [0, 0.05) is 60.0 Å². The van der Waals surface area contributed by atoms with Gasteiger partial charge >= 0.3 is 6.03 Å². The van der Waals surface area contributed by atoms with Gasteiger partial charge in [-0.3, -0.25) is 14.6 Å². The first-order chi connectivity index (χ1) is 19.9. The van der Waals surface area contributed by atoms with Gasteiger partial charge < -0.3 is 30.5 Å². The number of hydrogen-bond donors (Lipinski definition) is 3. The molecule has 2 aliphatic heterocycles. The third kappa shape index (κ3) is 6.35. The number of primary amides is 1. The number of benzene rings is 1. The van der Waals surface area contributed by atoms with Crippen molar-refractivity contribution in [3.8, 4) is 0 Å². The number of hydrogen-bond acceptors (Lipinski definition) is 5. The molecule has 3 aromatic rings. The molecule has 5 rings (SSSR count). The van der Waals surface area contributed by atoms with Crippen LogP contribution in [0.5, 0.6) is 0 Å². The summed E-state index contributed by atoms with van der Waals surface area (Å²) in [4.78, 5) is 45.0. The minimum atomic E-state index is -2.95. The quantitative estimate of drug-likeness (QED) is 0.391. The number of aliphatic hydroxyl groups is 1. The van der Waals surface area contributed by atoms with Crippen molar-refractivity contribution in [3.63, 3.8) is 0 Å². The Morgan fingerprint density at radius 1 is 1.24 bits per heavy atom. The van der Waals surface area contributed by atoms with Crippen molar-refractivity contribution in [1.29, 1.82) is 0 Å². The van der Waals surface area contributed by atoms with Crippen LogP contribution in [0.2, 0.25) is 0 Å². The zero-order valence-corrected chi connectivity index (χ0v) is 23.1. The van der Waals surface area contributed by atoms with Gasteiger partial charge in [-0.2, -0.15) is 0 Å². The second kappa shape index (κ2) is 11.6. The molecule has 4 amide bonds. The molecule has 2 saturated heterocycles. The van der Waals surface area contributed by atoms with Crippen molar-refractivity contribution in [2.24, 2.45) is 5.73 Å². The van der Waals surface area contributed by atoms with Crippen LogP contribution in [0, 0.1) is 6.92 Å². The number of nitrogens with one attached hydrogen (secondary N) is 1. The molecule has 1 unspecified atom stereocenters. The van der Waals surface area contributed by atoms with Crippen molar-refractivity contribution in [1.82, 2.24) is 19.4 Å². The number of pyridine rings is 1. The second-order valence-corrected chi connectivity index (χ2v) is 11.1. The highest BCUT2D eigenvalue weighted by molar-refractivity contribution is 6.08. The second-order valence-electron chi connectivity index (χ2n) is 11.1. The average Bonchev–Trinajstić information content (AvgIpc) is 3.48. The van der Waals surface area contributed by atoms with Gasteiger partial charge in [-0.1, -0.05) is 6.07 Å². The molecule has 224 valence electrons. The number of piperidine rings is 1. The summed E-state index contributed by atoms with van der Waals surface area (Å²) in [5, 5.41) is 13.9. The fourth-order valence-corrected chi connectivity index (χ4v) is 5.81. The molecule has 13 heteroatoms. The van der Waals surface area contributed by atoms with Crippen LogP contribution in [-0.4, -0.2) is 86.2 Å². The number of anilines is 1. The summed E-state index contributed by atoms with van der Waals surface area (Å²) in [7, 11) is 0. The number of aryl methyl sites for hydroxylation is 1. The first kappa shape index (κ1) is 29.4. The topological polar surface area (TPSA) is 134 Å². The maximum absolute atomic E-state index is 14.5. The largest absolute Gasteiger partial charge is 0.391 e. The fourth-order valence-electron chi connectivity index (χ4n) is 5.81. The van der Waals surface area contributed by atoms with Crippen LogP contribution in [0.15, 0.2) is 42.6 Å². The molecular weight excluding hydrogens is 553 g/mol. The molecule has 0 spiro atoms. The van der Waals surface area contributed by atoms with Crippen molar-refractivity contribution in [3.05, 3.63) is 59.5 Å². The molecule has 4 N–H and O–H groups in total. The first-order valence-electron chi connectivity index (χ1n) is 13.8. The Balaban J connectivity index is 1.33. The Bertz CT molecular complexity index is 1510. The van der Waals surface area contributed by atoms with E-state index in [0.29, 0.717) is 16.6 Å². The zero-order valence-electron chi connectivity index (χ0n) is 23.1. The van der Waals surface area contributed by atoms with E-state index in [1.807, 2.05) is 19.1 Å². The lowest BCUT2D eigenvalue weighted by atomic mass is 10.0. The minimum Gasteiger partial charge on any atom is -0.391 e. The summed E-state index contributed by atoms with van der Waals surface area (Å²) in [5.41, 5.74) is 7.82. The van der Waals surface area contributed by atoms with E-state index in [1.165, 1.54) is 27.8 Å². The summed E-state index contributed by atoms with van der Waals surface area (Å²) in [5.74, 6) is -4.17. The number of nitrogens with two attached hydrogens (primary N) is 1. The van der Waals surface area contributed by atoms with Crippen LogP contribution in [0.25, 0.3) is 10.9 Å². The van der Waals surface area contributed by atoms with E-state index in [4.69, 9.17) is 5.73 Å². The van der Waals surface area contributed by atoms with Gasteiger partial charge in [-0.15, -0.1) is 0 Å². The Kier molecular flexibility index (Phi) is 8.13. The highest BCUT2D eigenvalue weighted by atomic mass is 19.3. The van der Waals surface area contributed by atoms with Crippen LogP contribution in [0.4, 0.5) is 23.7 Å². The molecule has 3 atom stereocenters. The molecule has 4 heterocycles. The molecule has 2 aliphatic rings. The average molecular weight is 587 g/mol. The van der Waals surface area contributed by atoms with E-state index < -0.39 is 48.6 Å². The predicted octanol–water partition coefficient (Wildman–Crippen LogP) is 3.25. The van der Waals surface area contributed by atoms with Gasteiger partial charge in [0.15, 0.2) is 0 Å². The van der Waals surface area contributed by atoms with E-state index in [0.717, 1.165) is 10.6 Å². The minimum absolute atomic E-state index is 0.0102.